The Bertz CT molecular complexity index is 867. The predicted molar refractivity (Wildman–Crippen MR) is 76.0 cm³/mol. The monoisotopic (exact) mass is 271 g/mol. The molecule has 0 radical (unpaired) electrons. The van der Waals surface area contributed by atoms with Crippen molar-refractivity contribution in [3.05, 3.63) is 46.8 Å². The smallest absolute Gasteiger partial charge is 0.291 e. The number of ether oxygens (including phenoxy) is 2. The summed E-state index contributed by atoms with van der Waals surface area (Å²) >= 11 is 0. The van der Waals surface area contributed by atoms with Crippen molar-refractivity contribution in [1.82, 2.24) is 4.73 Å². The molecule has 0 unspecified atom stereocenters. The maximum atomic E-state index is 12.2. The highest BCUT2D eigenvalue weighted by atomic mass is 16.5. The first-order valence-corrected chi connectivity index (χ1v) is 6.06. The summed E-state index contributed by atoms with van der Waals surface area (Å²) in [7, 11) is 3.04. The van der Waals surface area contributed by atoms with E-state index in [-0.39, 0.29) is 0 Å². The lowest BCUT2D eigenvalue weighted by Crippen LogP contribution is -2.18. The van der Waals surface area contributed by atoms with E-state index in [0.717, 1.165) is 5.39 Å². The second-order valence-electron chi connectivity index (χ2n) is 4.39. The molecule has 0 aliphatic heterocycles. The fraction of sp³-hybridized carbons (Fsp3) is 0.133. The molecule has 3 rings (SSSR count). The van der Waals surface area contributed by atoms with Gasteiger partial charge < -0.3 is 14.7 Å². The van der Waals surface area contributed by atoms with Crippen molar-refractivity contribution in [1.29, 1.82) is 0 Å². The van der Waals surface area contributed by atoms with Gasteiger partial charge in [0.25, 0.3) is 5.56 Å². The van der Waals surface area contributed by atoms with Crippen molar-refractivity contribution in [2.45, 2.75) is 0 Å². The van der Waals surface area contributed by atoms with Gasteiger partial charge in [0.1, 0.15) is 0 Å². The maximum Gasteiger partial charge on any atom is 0.291 e. The van der Waals surface area contributed by atoms with Crippen LogP contribution in [-0.4, -0.2) is 24.2 Å². The van der Waals surface area contributed by atoms with Crippen molar-refractivity contribution < 1.29 is 14.7 Å². The summed E-state index contributed by atoms with van der Waals surface area (Å²) in [5, 5.41) is 11.8. The van der Waals surface area contributed by atoms with E-state index < -0.39 is 5.56 Å². The summed E-state index contributed by atoms with van der Waals surface area (Å²) in [6, 6.07) is 10.5. The molecule has 5 heteroatoms. The molecule has 5 nitrogen and oxygen atoms in total. The Kier molecular flexibility index (Phi) is 2.75. The first-order valence-electron chi connectivity index (χ1n) is 6.06. The highest BCUT2D eigenvalue weighted by Gasteiger charge is 2.14. The average molecular weight is 271 g/mol. The van der Waals surface area contributed by atoms with Gasteiger partial charge in [0, 0.05) is 10.8 Å². The van der Waals surface area contributed by atoms with Gasteiger partial charge >= 0.3 is 0 Å². The number of fused-ring (bicyclic) bond motifs is 3. The Balaban J connectivity index is 2.58. The molecular formula is C15H13NO4. The summed E-state index contributed by atoms with van der Waals surface area (Å²) in [5.74, 6) is 0.993. The van der Waals surface area contributed by atoms with Crippen LogP contribution in [0.15, 0.2) is 41.2 Å². The Morgan fingerprint density at radius 2 is 1.55 bits per heavy atom. The highest BCUT2D eigenvalue weighted by Crippen LogP contribution is 2.33. The summed E-state index contributed by atoms with van der Waals surface area (Å²) in [6.07, 6.45) is 0. The van der Waals surface area contributed by atoms with Crippen LogP contribution in [0.25, 0.3) is 21.7 Å². The topological polar surface area (TPSA) is 60.7 Å². The molecule has 0 aliphatic rings. The third kappa shape index (κ3) is 1.60. The van der Waals surface area contributed by atoms with Gasteiger partial charge in [0.15, 0.2) is 11.5 Å². The maximum absolute atomic E-state index is 12.2. The minimum absolute atomic E-state index is 0.379. The van der Waals surface area contributed by atoms with Gasteiger partial charge in [0.2, 0.25) is 0 Å². The van der Waals surface area contributed by atoms with Crippen LogP contribution < -0.4 is 15.0 Å². The van der Waals surface area contributed by atoms with Gasteiger partial charge in [-0.1, -0.05) is 18.2 Å². The van der Waals surface area contributed by atoms with E-state index in [2.05, 4.69) is 0 Å². The fourth-order valence-corrected chi connectivity index (χ4v) is 2.39. The summed E-state index contributed by atoms with van der Waals surface area (Å²) in [6.45, 7) is 0. The zero-order chi connectivity index (χ0) is 14.3. The van der Waals surface area contributed by atoms with Crippen LogP contribution in [0.1, 0.15) is 0 Å². The molecule has 20 heavy (non-hydrogen) atoms. The van der Waals surface area contributed by atoms with Crippen LogP contribution in [0.4, 0.5) is 0 Å². The molecule has 3 aromatic rings. The van der Waals surface area contributed by atoms with Gasteiger partial charge in [0.05, 0.1) is 25.1 Å². The number of methoxy groups -OCH3 is 2. The van der Waals surface area contributed by atoms with E-state index in [9.17, 15) is 10.0 Å². The molecule has 1 heterocycles. The van der Waals surface area contributed by atoms with Gasteiger partial charge in [-0.25, -0.2) is 0 Å². The van der Waals surface area contributed by atoms with Crippen LogP contribution in [-0.2, 0) is 0 Å². The largest absolute Gasteiger partial charge is 0.493 e. The molecule has 0 amide bonds. The second kappa shape index (κ2) is 4.45. The lowest BCUT2D eigenvalue weighted by molar-refractivity contribution is 0.190. The van der Waals surface area contributed by atoms with Crippen molar-refractivity contribution in [2.24, 2.45) is 0 Å². The molecule has 0 fully saturated rings. The zero-order valence-corrected chi connectivity index (χ0v) is 11.1. The Hall–Kier alpha value is -2.69. The van der Waals surface area contributed by atoms with E-state index in [1.165, 1.54) is 7.11 Å². The molecule has 0 aliphatic carbocycles. The zero-order valence-electron chi connectivity index (χ0n) is 11.1. The quantitative estimate of drug-likeness (QED) is 0.574. The molecule has 2 aromatic carbocycles. The molecule has 1 aromatic heterocycles. The number of nitrogens with zero attached hydrogens (tertiary/aromatic N) is 1. The minimum atomic E-state index is -0.486. The standard InChI is InChI=1S/C15H13NO4/c1-19-13-7-10-9-5-3-4-6-12(9)16(18)15(17)11(10)8-14(13)20-2/h3-8,18H,1-2H3. The number of pyridine rings is 1. The van der Waals surface area contributed by atoms with E-state index >= 15 is 0 Å². The van der Waals surface area contributed by atoms with Crippen molar-refractivity contribution in [2.75, 3.05) is 14.2 Å². The Morgan fingerprint density at radius 1 is 0.950 bits per heavy atom. The number of benzene rings is 2. The van der Waals surface area contributed by atoms with Crippen LogP contribution in [0.5, 0.6) is 11.5 Å². The number of para-hydroxylation sites is 1. The lowest BCUT2D eigenvalue weighted by Gasteiger charge is -2.12. The highest BCUT2D eigenvalue weighted by molar-refractivity contribution is 6.06. The number of hydrogen-bond acceptors (Lipinski definition) is 4. The lowest BCUT2D eigenvalue weighted by atomic mass is 10.1. The normalized spacial score (nSPS) is 10.9. The first-order chi connectivity index (χ1) is 9.67. The minimum Gasteiger partial charge on any atom is -0.493 e. The molecule has 0 atom stereocenters. The second-order valence-corrected chi connectivity index (χ2v) is 4.39. The average Bonchev–Trinajstić information content (AvgIpc) is 2.51. The Morgan fingerprint density at radius 3 is 2.20 bits per heavy atom. The third-order valence-electron chi connectivity index (χ3n) is 3.37. The van der Waals surface area contributed by atoms with E-state index in [4.69, 9.17) is 9.47 Å². The Labute approximate surface area is 114 Å². The van der Waals surface area contributed by atoms with Crippen molar-refractivity contribution >= 4 is 21.7 Å². The number of aromatic nitrogens is 1. The SMILES string of the molecule is COc1cc2c(=O)n(O)c3ccccc3c2cc1OC. The number of rotatable bonds is 2. The number of hydrogen-bond donors (Lipinski definition) is 1. The first kappa shape index (κ1) is 12.3. The van der Waals surface area contributed by atoms with Gasteiger partial charge in [-0.3, -0.25) is 4.79 Å². The molecular weight excluding hydrogens is 258 g/mol. The molecule has 0 saturated carbocycles. The summed E-state index contributed by atoms with van der Waals surface area (Å²) in [5.41, 5.74) is -0.0307. The van der Waals surface area contributed by atoms with E-state index in [1.807, 2.05) is 12.1 Å². The fourth-order valence-electron chi connectivity index (χ4n) is 2.39. The van der Waals surface area contributed by atoms with Crippen LogP contribution >= 0.6 is 0 Å². The molecule has 0 bridgehead atoms. The molecule has 1 N–H and O–H groups in total. The van der Waals surface area contributed by atoms with Crippen LogP contribution in [0, 0.1) is 0 Å². The van der Waals surface area contributed by atoms with Crippen molar-refractivity contribution in [3.8, 4) is 11.5 Å². The summed E-state index contributed by atoms with van der Waals surface area (Å²) < 4.78 is 11.1. The van der Waals surface area contributed by atoms with Crippen molar-refractivity contribution in [3.63, 3.8) is 0 Å². The molecule has 102 valence electrons. The third-order valence-corrected chi connectivity index (χ3v) is 3.37. The molecule has 0 saturated heterocycles. The molecule has 0 spiro atoms. The van der Waals surface area contributed by atoms with E-state index in [1.54, 1.807) is 31.4 Å². The van der Waals surface area contributed by atoms with Gasteiger partial charge in [-0.15, -0.1) is 4.73 Å². The summed E-state index contributed by atoms with van der Waals surface area (Å²) in [4.78, 5) is 12.2. The predicted octanol–water partition coefficient (Wildman–Crippen LogP) is 2.41. The van der Waals surface area contributed by atoms with Gasteiger partial charge in [-0.05, 0) is 18.2 Å². The van der Waals surface area contributed by atoms with Gasteiger partial charge in [-0.2, -0.15) is 0 Å². The van der Waals surface area contributed by atoms with Crippen LogP contribution in [0.2, 0.25) is 0 Å². The van der Waals surface area contributed by atoms with Crippen LogP contribution in [0.3, 0.4) is 0 Å². The van der Waals surface area contributed by atoms with E-state index in [0.29, 0.717) is 32.5 Å².